The Morgan fingerprint density at radius 3 is 2.67 bits per heavy atom. The fourth-order valence-electron chi connectivity index (χ4n) is 4.53. The van der Waals surface area contributed by atoms with E-state index in [1.54, 1.807) is 24.3 Å². The molecular formula is C25H30F2N4O2. The van der Waals surface area contributed by atoms with Crippen LogP contribution in [0, 0.1) is 0 Å². The van der Waals surface area contributed by atoms with Crippen LogP contribution in [-0.2, 0) is 6.54 Å². The number of nitrogens with one attached hydrogen (secondary N) is 2. The summed E-state index contributed by atoms with van der Waals surface area (Å²) in [5, 5.41) is 3.56. The summed E-state index contributed by atoms with van der Waals surface area (Å²) in [6, 6.07) is 14.8. The number of hydrogen-bond donors (Lipinski definition) is 2. The summed E-state index contributed by atoms with van der Waals surface area (Å²) in [5.41, 5.74) is 2.65. The number of alkyl halides is 2. The molecule has 33 heavy (non-hydrogen) atoms. The first-order chi connectivity index (χ1) is 15.8. The molecule has 0 radical (unpaired) electrons. The molecule has 1 aliphatic carbocycles. The normalized spacial score (nSPS) is 18.9. The second-order valence-corrected chi connectivity index (χ2v) is 8.65. The molecule has 0 aliphatic heterocycles. The summed E-state index contributed by atoms with van der Waals surface area (Å²) in [6.45, 7) is 3.97. The van der Waals surface area contributed by atoms with E-state index in [-0.39, 0.29) is 23.7 Å². The van der Waals surface area contributed by atoms with E-state index in [1.165, 1.54) is 0 Å². The number of fused-ring (bicyclic) bond motifs is 1. The molecule has 1 aliphatic rings. The Hall–Kier alpha value is -3.00. The predicted octanol–water partition coefficient (Wildman–Crippen LogP) is 5.12. The van der Waals surface area contributed by atoms with Gasteiger partial charge in [-0.1, -0.05) is 24.3 Å². The van der Waals surface area contributed by atoms with Crippen molar-refractivity contribution in [2.24, 2.45) is 0 Å². The average Bonchev–Trinajstić information content (AvgIpc) is 3.23. The number of benzene rings is 2. The van der Waals surface area contributed by atoms with E-state index >= 15 is 0 Å². The van der Waals surface area contributed by atoms with Crippen molar-refractivity contribution in [2.45, 2.75) is 64.3 Å². The van der Waals surface area contributed by atoms with Crippen molar-refractivity contribution >= 4 is 16.9 Å². The molecule has 6 nitrogen and oxygen atoms in total. The Kier molecular flexibility index (Phi) is 6.93. The summed E-state index contributed by atoms with van der Waals surface area (Å²) < 4.78 is 30.5. The van der Waals surface area contributed by atoms with Gasteiger partial charge in [0.25, 0.3) is 5.91 Å². The van der Waals surface area contributed by atoms with E-state index in [9.17, 15) is 13.6 Å². The first kappa shape index (κ1) is 23.2. The molecule has 2 atom stereocenters. The van der Waals surface area contributed by atoms with Crippen LogP contribution in [-0.4, -0.2) is 45.5 Å². The third kappa shape index (κ3) is 5.87. The van der Waals surface area contributed by atoms with Crippen LogP contribution in [0.25, 0.3) is 11.0 Å². The van der Waals surface area contributed by atoms with E-state index in [1.807, 2.05) is 36.1 Å². The van der Waals surface area contributed by atoms with Gasteiger partial charge in [-0.3, -0.25) is 4.79 Å². The third-order valence-electron chi connectivity index (χ3n) is 6.10. The topological polar surface area (TPSA) is 70.2 Å². The molecule has 2 N–H and O–H groups in total. The summed E-state index contributed by atoms with van der Waals surface area (Å²) in [4.78, 5) is 22.8. The van der Waals surface area contributed by atoms with Crippen LogP contribution >= 0.6 is 0 Å². The zero-order chi connectivity index (χ0) is 23.4. The van der Waals surface area contributed by atoms with Gasteiger partial charge in [-0.15, -0.1) is 0 Å². The minimum Gasteiger partial charge on any atom is -0.433 e. The SMILES string of the molecule is CCN(C(=O)c1nc2ccccc2[nH]1)[C@H]1CCC[C@@H](NCc2ccc(OC(C)(F)F)cc2)C1. The molecule has 0 bridgehead atoms. The maximum absolute atomic E-state index is 13.2. The molecule has 176 valence electrons. The summed E-state index contributed by atoms with van der Waals surface area (Å²) in [5.74, 6) is 0.461. The molecule has 1 saturated carbocycles. The largest absolute Gasteiger partial charge is 0.433 e. The molecule has 2 aromatic carbocycles. The summed E-state index contributed by atoms with van der Waals surface area (Å²) in [7, 11) is 0. The second kappa shape index (κ2) is 9.87. The predicted molar refractivity (Wildman–Crippen MR) is 123 cm³/mol. The first-order valence-corrected chi connectivity index (χ1v) is 11.5. The molecule has 0 spiro atoms. The number of aromatic amines is 1. The minimum atomic E-state index is -3.19. The van der Waals surface area contributed by atoms with E-state index in [0.29, 0.717) is 18.9 Å². The Morgan fingerprint density at radius 2 is 1.97 bits per heavy atom. The quantitative estimate of drug-likeness (QED) is 0.494. The number of para-hydroxylation sites is 2. The number of carbonyl (C=O) groups excluding carboxylic acids is 1. The van der Waals surface area contributed by atoms with E-state index in [0.717, 1.165) is 49.2 Å². The van der Waals surface area contributed by atoms with Gasteiger partial charge in [-0.25, -0.2) is 4.98 Å². The maximum atomic E-state index is 13.2. The van der Waals surface area contributed by atoms with E-state index in [2.05, 4.69) is 20.0 Å². The Bertz CT molecular complexity index is 1040. The number of imidazole rings is 1. The fraction of sp³-hybridized carbons (Fsp3) is 0.440. The van der Waals surface area contributed by atoms with Crippen molar-refractivity contribution in [3.8, 4) is 5.75 Å². The maximum Gasteiger partial charge on any atom is 0.394 e. The third-order valence-corrected chi connectivity index (χ3v) is 6.10. The van der Waals surface area contributed by atoms with E-state index < -0.39 is 6.11 Å². The van der Waals surface area contributed by atoms with Crippen molar-refractivity contribution in [3.05, 3.63) is 59.9 Å². The van der Waals surface area contributed by atoms with Crippen molar-refractivity contribution < 1.29 is 18.3 Å². The Balaban J connectivity index is 1.35. The zero-order valence-electron chi connectivity index (χ0n) is 19.0. The highest BCUT2D eigenvalue weighted by molar-refractivity contribution is 5.94. The lowest BCUT2D eigenvalue weighted by atomic mass is 9.89. The second-order valence-electron chi connectivity index (χ2n) is 8.65. The molecule has 8 heteroatoms. The van der Waals surface area contributed by atoms with Crippen LogP contribution in [0.3, 0.4) is 0 Å². The first-order valence-electron chi connectivity index (χ1n) is 11.5. The molecule has 4 rings (SSSR count). The van der Waals surface area contributed by atoms with Gasteiger partial charge in [0.05, 0.1) is 11.0 Å². The van der Waals surface area contributed by atoms with Crippen molar-refractivity contribution in [2.75, 3.05) is 6.54 Å². The Labute approximate surface area is 192 Å². The lowest BCUT2D eigenvalue weighted by Gasteiger charge is -2.37. The molecular weight excluding hydrogens is 426 g/mol. The van der Waals surface area contributed by atoms with Crippen LogP contribution in [0.5, 0.6) is 5.75 Å². The number of carbonyl (C=O) groups is 1. The molecule has 1 fully saturated rings. The van der Waals surface area contributed by atoms with Gasteiger partial charge in [0.2, 0.25) is 0 Å². The van der Waals surface area contributed by atoms with Crippen molar-refractivity contribution in [3.63, 3.8) is 0 Å². The number of halogens is 2. The van der Waals surface area contributed by atoms with Crippen molar-refractivity contribution in [1.82, 2.24) is 20.2 Å². The van der Waals surface area contributed by atoms with E-state index in [4.69, 9.17) is 0 Å². The lowest BCUT2D eigenvalue weighted by molar-refractivity contribution is -0.158. The zero-order valence-corrected chi connectivity index (χ0v) is 19.0. The van der Waals surface area contributed by atoms with Gasteiger partial charge >= 0.3 is 6.11 Å². The highest BCUT2D eigenvalue weighted by atomic mass is 19.3. The lowest BCUT2D eigenvalue weighted by Crippen LogP contribution is -2.47. The number of amides is 1. The van der Waals surface area contributed by atoms with Crippen LogP contribution in [0.4, 0.5) is 8.78 Å². The summed E-state index contributed by atoms with van der Waals surface area (Å²) >= 11 is 0. The number of aromatic nitrogens is 2. The number of H-pyrrole nitrogens is 1. The smallest absolute Gasteiger partial charge is 0.394 e. The molecule has 1 amide bonds. The minimum absolute atomic E-state index is 0.0670. The van der Waals surface area contributed by atoms with Crippen LogP contribution in [0.2, 0.25) is 0 Å². The van der Waals surface area contributed by atoms with Gasteiger partial charge in [0, 0.05) is 32.1 Å². The number of ether oxygens (including phenoxy) is 1. The number of hydrogen-bond acceptors (Lipinski definition) is 4. The molecule has 1 aromatic heterocycles. The molecule has 0 saturated heterocycles. The van der Waals surface area contributed by atoms with Gasteiger partial charge in [-0.2, -0.15) is 8.78 Å². The fourth-order valence-corrected chi connectivity index (χ4v) is 4.53. The standard InChI is InChI=1S/C25H30F2N4O2/c1-3-31(24(32)23-29-21-9-4-5-10-22(21)30-23)19-8-6-7-18(15-19)28-16-17-11-13-20(14-12-17)33-25(2,26)27/h4-5,9-14,18-19,28H,3,6-8,15-16H2,1-2H3,(H,29,30)/t18-,19+/m1/s1. The number of nitrogens with zero attached hydrogens (tertiary/aromatic N) is 2. The van der Waals surface area contributed by atoms with Gasteiger partial charge in [-0.05, 0) is 62.4 Å². The van der Waals surface area contributed by atoms with Crippen LogP contribution in [0.1, 0.15) is 55.7 Å². The van der Waals surface area contributed by atoms with Gasteiger partial charge in [0.1, 0.15) is 5.75 Å². The van der Waals surface area contributed by atoms with Crippen molar-refractivity contribution in [1.29, 1.82) is 0 Å². The van der Waals surface area contributed by atoms with Gasteiger partial charge < -0.3 is 19.9 Å². The monoisotopic (exact) mass is 456 g/mol. The van der Waals surface area contributed by atoms with Crippen LogP contribution < -0.4 is 10.1 Å². The molecule has 0 unspecified atom stereocenters. The highest BCUT2D eigenvalue weighted by Crippen LogP contribution is 2.26. The number of rotatable bonds is 8. The average molecular weight is 457 g/mol. The van der Waals surface area contributed by atoms with Gasteiger partial charge in [0.15, 0.2) is 5.82 Å². The highest BCUT2D eigenvalue weighted by Gasteiger charge is 2.30. The summed E-state index contributed by atoms with van der Waals surface area (Å²) in [6.07, 6.45) is 0.709. The Morgan fingerprint density at radius 1 is 1.21 bits per heavy atom. The molecule has 3 aromatic rings. The van der Waals surface area contributed by atoms with Crippen LogP contribution in [0.15, 0.2) is 48.5 Å². The molecule has 1 heterocycles.